The number of carbonyl (C=O) groups excluding carboxylic acids is 2. The second kappa shape index (κ2) is 8.72. The molecule has 0 unspecified atom stereocenters. The van der Waals surface area contributed by atoms with E-state index in [2.05, 4.69) is 37.5 Å². The largest absolute Gasteiger partial charge is 0.338 e. The van der Waals surface area contributed by atoms with Crippen LogP contribution in [-0.2, 0) is 4.79 Å². The zero-order valence-corrected chi connectivity index (χ0v) is 14.0. The van der Waals surface area contributed by atoms with Crippen molar-refractivity contribution in [3.8, 4) is 0 Å². The highest BCUT2D eigenvalue weighted by atomic mass is 32.2. The zero-order valence-electron chi connectivity index (χ0n) is 13.2. The minimum absolute atomic E-state index is 0.236. The molecule has 0 aliphatic rings. The summed E-state index contributed by atoms with van der Waals surface area (Å²) in [5, 5.41) is 5.02. The van der Waals surface area contributed by atoms with Gasteiger partial charge in [0, 0.05) is 11.4 Å². The Kier molecular flexibility index (Phi) is 7.29. The maximum Gasteiger partial charge on any atom is 0.321 e. The van der Waals surface area contributed by atoms with Gasteiger partial charge in [-0.3, -0.25) is 10.1 Å². The molecule has 1 aromatic rings. The predicted molar refractivity (Wildman–Crippen MR) is 87.6 cm³/mol. The molecule has 116 valence electrons. The topological polar surface area (TPSA) is 58.2 Å². The zero-order chi connectivity index (χ0) is 15.8. The summed E-state index contributed by atoms with van der Waals surface area (Å²) in [7, 11) is 0. The third kappa shape index (κ3) is 7.18. The first-order valence-electron chi connectivity index (χ1n) is 7.16. The van der Waals surface area contributed by atoms with Crippen LogP contribution in [0.5, 0.6) is 0 Å². The van der Waals surface area contributed by atoms with Crippen molar-refractivity contribution in [2.24, 2.45) is 5.92 Å². The predicted octanol–water partition coefficient (Wildman–Crippen LogP) is 3.27. The van der Waals surface area contributed by atoms with E-state index in [4.69, 9.17) is 0 Å². The number of rotatable bonds is 6. The van der Waals surface area contributed by atoms with Gasteiger partial charge in [0.25, 0.3) is 0 Å². The number of aryl methyl sites for hydroxylation is 2. The number of nitrogens with one attached hydrogen (secondary N) is 2. The van der Waals surface area contributed by atoms with Crippen molar-refractivity contribution in [1.29, 1.82) is 0 Å². The molecule has 3 amide bonds. The van der Waals surface area contributed by atoms with E-state index in [1.807, 2.05) is 19.1 Å². The maximum absolute atomic E-state index is 11.7. The molecule has 5 heteroatoms. The van der Waals surface area contributed by atoms with Crippen LogP contribution in [0.2, 0.25) is 0 Å². The molecule has 0 aliphatic heterocycles. The van der Waals surface area contributed by atoms with Gasteiger partial charge in [-0.25, -0.2) is 4.79 Å². The molecular weight excluding hydrogens is 284 g/mol. The van der Waals surface area contributed by atoms with Gasteiger partial charge in [-0.1, -0.05) is 19.9 Å². The normalized spacial score (nSPS) is 10.5. The molecule has 0 saturated heterocycles. The maximum atomic E-state index is 11.7. The Morgan fingerprint density at radius 2 is 1.90 bits per heavy atom. The molecule has 1 rings (SSSR count). The SMILES string of the molecule is Cc1ccc(SCC(=O)NC(=O)NCCC(C)C)cc1C. The summed E-state index contributed by atoms with van der Waals surface area (Å²) in [6.45, 7) is 8.86. The second-order valence-electron chi connectivity index (χ2n) is 5.52. The van der Waals surface area contributed by atoms with Gasteiger partial charge in [-0.15, -0.1) is 11.8 Å². The van der Waals surface area contributed by atoms with Gasteiger partial charge >= 0.3 is 6.03 Å². The molecule has 0 heterocycles. The van der Waals surface area contributed by atoms with Crippen LogP contribution >= 0.6 is 11.8 Å². The number of imide groups is 1. The standard InChI is InChI=1S/C16H24N2O2S/c1-11(2)7-8-17-16(20)18-15(19)10-21-14-6-5-12(3)13(4)9-14/h5-6,9,11H,7-8,10H2,1-4H3,(H2,17,18,19,20). The lowest BCUT2D eigenvalue weighted by atomic mass is 10.1. The van der Waals surface area contributed by atoms with E-state index in [9.17, 15) is 9.59 Å². The summed E-state index contributed by atoms with van der Waals surface area (Å²) in [5.74, 6) is 0.488. The fraction of sp³-hybridized carbons (Fsp3) is 0.500. The van der Waals surface area contributed by atoms with Crippen LogP contribution in [0.3, 0.4) is 0 Å². The summed E-state index contributed by atoms with van der Waals surface area (Å²) in [6.07, 6.45) is 0.902. The van der Waals surface area contributed by atoms with Crippen molar-refractivity contribution in [3.63, 3.8) is 0 Å². The van der Waals surface area contributed by atoms with Gasteiger partial charge in [0.1, 0.15) is 0 Å². The van der Waals surface area contributed by atoms with Crippen LogP contribution < -0.4 is 10.6 Å². The third-order valence-corrected chi connectivity index (χ3v) is 4.10. The average molecular weight is 308 g/mol. The van der Waals surface area contributed by atoms with Gasteiger partial charge in [-0.05, 0) is 49.4 Å². The molecule has 0 saturated carbocycles. The fourth-order valence-electron chi connectivity index (χ4n) is 1.63. The van der Waals surface area contributed by atoms with E-state index >= 15 is 0 Å². The summed E-state index contributed by atoms with van der Waals surface area (Å²) >= 11 is 1.43. The third-order valence-electron chi connectivity index (χ3n) is 3.11. The molecule has 0 fully saturated rings. The van der Waals surface area contributed by atoms with Crippen molar-refractivity contribution in [3.05, 3.63) is 29.3 Å². The molecule has 0 aliphatic carbocycles. The number of amides is 3. The van der Waals surface area contributed by atoms with Crippen LogP contribution in [0, 0.1) is 19.8 Å². The van der Waals surface area contributed by atoms with Crippen LogP contribution in [0.15, 0.2) is 23.1 Å². The summed E-state index contributed by atoms with van der Waals surface area (Å²) in [6, 6.07) is 5.66. The Bertz CT molecular complexity index is 501. The lowest BCUT2D eigenvalue weighted by Crippen LogP contribution is -2.40. The number of carbonyl (C=O) groups is 2. The highest BCUT2D eigenvalue weighted by Crippen LogP contribution is 2.20. The molecule has 0 radical (unpaired) electrons. The van der Waals surface area contributed by atoms with Gasteiger partial charge < -0.3 is 5.32 Å². The smallest absolute Gasteiger partial charge is 0.321 e. The van der Waals surface area contributed by atoms with Crippen molar-refractivity contribution >= 4 is 23.7 Å². The summed E-state index contributed by atoms with van der Waals surface area (Å²) < 4.78 is 0. The number of thioether (sulfide) groups is 1. The molecule has 1 aromatic carbocycles. The summed E-state index contributed by atoms with van der Waals surface area (Å²) in [5.41, 5.74) is 2.43. The fourth-order valence-corrected chi connectivity index (χ4v) is 2.43. The van der Waals surface area contributed by atoms with Crippen molar-refractivity contribution in [2.45, 2.75) is 39.0 Å². The number of hydrogen-bond acceptors (Lipinski definition) is 3. The first kappa shape index (κ1) is 17.6. The van der Waals surface area contributed by atoms with Crippen molar-refractivity contribution < 1.29 is 9.59 Å². The highest BCUT2D eigenvalue weighted by molar-refractivity contribution is 8.00. The van der Waals surface area contributed by atoms with E-state index in [1.165, 1.54) is 22.9 Å². The van der Waals surface area contributed by atoms with E-state index < -0.39 is 6.03 Å². The number of hydrogen-bond donors (Lipinski definition) is 2. The molecule has 4 nitrogen and oxygen atoms in total. The summed E-state index contributed by atoms with van der Waals surface area (Å²) in [4.78, 5) is 24.2. The van der Waals surface area contributed by atoms with Crippen LogP contribution in [-0.4, -0.2) is 24.2 Å². The number of urea groups is 1. The Morgan fingerprint density at radius 3 is 2.52 bits per heavy atom. The Morgan fingerprint density at radius 1 is 1.19 bits per heavy atom. The highest BCUT2D eigenvalue weighted by Gasteiger charge is 2.08. The lowest BCUT2D eigenvalue weighted by Gasteiger charge is -2.08. The van der Waals surface area contributed by atoms with E-state index in [1.54, 1.807) is 0 Å². The minimum atomic E-state index is -0.415. The second-order valence-corrected chi connectivity index (χ2v) is 6.57. The van der Waals surface area contributed by atoms with Crippen molar-refractivity contribution in [2.75, 3.05) is 12.3 Å². The van der Waals surface area contributed by atoms with E-state index in [-0.39, 0.29) is 11.7 Å². The molecule has 21 heavy (non-hydrogen) atoms. The van der Waals surface area contributed by atoms with Gasteiger partial charge in [0.2, 0.25) is 5.91 Å². The van der Waals surface area contributed by atoms with Gasteiger partial charge in [-0.2, -0.15) is 0 Å². The monoisotopic (exact) mass is 308 g/mol. The Balaban J connectivity index is 2.30. The molecular formula is C16H24N2O2S. The first-order valence-corrected chi connectivity index (χ1v) is 8.14. The van der Waals surface area contributed by atoms with E-state index in [0.717, 1.165) is 11.3 Å². The average Bonchev–Trinajstić information content (AvgIpc) is 2.39. The van der Waals surface area contributed by atoms with Crippen LogP contribution in [0.4, 0.5) is 4.79 Å². The van der Waals surface area contributed by atoms with Crippen LogP contribution in [0.1, 0.15) is 31.4 Å². The minimum Gasteiger partial charge on any atom is -0.338 e. The van der Waals surface area contributed by atoms with Crippen molar-refractivity contribution in [1.82, 2.24) is 10.6 Å². The van der Waals surface area contributed by atoms with Crippen LogP contribution in [0.25, 0.3) is 0 Å². The number of benzene rings is 1. The molecule has 0 spiro atoms. The Labute approximate surface area is 131 Å². The molecule has 0 aromatic heterocycles. The molecule has 2 N–H and O–H groups in total. The molecule has 0 bridgehead atoms. The quantitative estimate of drug-likeness (QED) is 0.793. The van der Waals surface area contributed by atoms with E-state index in [0.29, 0.717) is 12.5 Å². The van der Waals surface area contributed by atoms with Gasteiger partial charge in [0.05, 0.1) is 5.75 Å². The lowest BCUT2D eigenvalue weighted by molar-refractivity contribution is -0.117. The molecule has 0 atom stereocenters. The first-order chi connectivity index (χ1) is 9.88. The van der Waals surface area contributed by atoms with Gasteiger partial charge in [0.15, 0.2) is 0 Å². The Hall–Kier alpha value is -1.49.